The van der Waals surface area contributed by atoms with Crippen LogP contribution >= 0.6 is 0 Å². The van der Waals surface area contributed by atoms with Gasteiger partial charge >= 0.3 is 5.97 Å². The standard InChI is InChI=1S/C12H23NO3.C10H8/c1-3-13(4-2)10-7-5-9(6-8-10)11(14)12(15)16;1-2-5-8-9-6-3-4-7-10(8)9/h9-11,14H,3-8H2,1-2H3,(H,15,16);3-4,6-8H,1H3. The first-order valence-corrected chi connectivity index (χ1v) is 9.69. The van der Waals surface area contributed by atoms with E-state index in [-0.39, 0.29) is 5.92 Å². The highest BCUT2D eigenvalue weighted by atomic mass is 16.4. The largest absolute Gasteiger partial charge is 0.479 e. The van der Waals surface area contributed by atoms with Crippen molar-refractivity contribution >= 4 is 5.97 Å². The van der Waals surface area contributed by atoms with Crippen LogP contribution in [0.25, 0.3) is 0 Å². The number of carboxylic acids is 1. The second-order valence-electron chi connectivity index (χ2n) is 7.03. The van der Waals surface area contributed by atoms with Gasteiger partial charge in [-0.25, -0.2) is 4.79 Å². The number of aliphatic carboxylic acids is 1. The van der Waals surface area contributed by atoms with Crippen LogP contribution in [0, 0.1) is 17.8 Å². The van der Waals surface area contributed by atoms with Crippen molar-refractivity contribution in [2.24, 2.45) is 5.92 Å². The summed E-state index contributed by atoms with van der Waals surface area (Å²) in [6, 6.07) is 8.99. The summed E-state index contributed by atoms with van der Waals surface area (Å²) in [5, 5.41) is 18.2. The predicted molar refractivity (Wildman–Crippen MR) is 104 cm³/mol. The van der Waals surface area contributed by atoms with Crippen LogP contribution in [0.3, 0.4) is 0 Å². The van der Waals surface area contributed by atoms with E-state index >= 15 is 0 Å². The van der Waals surface area contributed by atoms with Crippen molar-refractivity contribution in [1.82, 2.24) is 4.90 Å². The van der Waals surface area contributed by atoms with Gasteiger partial charge in [0.05, 0.1) is 5.92 Å². The summed E-state index contributed by atoms with van der Waals surface area (Å²) < 4.78 is 0. The summed E-state index contributed by atoms with van der Waals surface area (Å²) >= 11 is 0. The minimum absolute atomic E-state index is 0.0516. The van der Waals surface area contributed by atoms with Gasteiger partial charge in [-0.1, -0.05) is 44.0 Å². The van der Waals surface area contributed by atoms with E-state index in [9.17, 15) is 9.90 Å². The minimum Gasteiger partial charge on any atom is -0.479 e. The lowest BCUT2D eigenvalue weighted by atomic mass is 9.82. The van der Waals surface area contributed by atoms with Gasteiger partial charge in [-0.05, 0) is 62.7 Å². The maximum atomic E-state index is 10.7. The predicted octanol–water partition coefficient (Wildman–Crippen LogP) is 3.49. The van der Waals surface area contributed by atoms with E-state index in [0.717, 1.165) is 38.8 Å². The van der Waals surface area contributed by atoms with Gasteiger partial charge in [0.1, 0.15) is 0 Å². The SMILES string of the molecule is CC#CC1c2ccccc21.CCN(CC)C1CCC(C(O)C(=O)O)CC1. The normalized spacial score (nSPS) is 22.3. The number of hydrogen-bond acceptors (Lipinski definition) is 3. The van der Waals surface area contributed by atoms with E-state index in [2.05, 4.69) is 54.9 Å². The summed E-state index contributed by atoms with van der Waals surface area (Å²) in [4.78, 5) is 13.1. The molecule has 2 aliphatic rings. The Morgan fingerprint density at radius 1 is 1.15 bits per heavy atom. The van der Waals surface area contributed by atoms with Gasteiger partial charge in [-0.15, -0.1) is 5.92 Å². The first-order chi connectivity index (χ1) is 12.5. The third-order valence-electron chi connectivity index (χ3n) is 5.59. The molecule has 0 aromatic heterocycles. The Labute approximate surface area is 157 Å². The molecule has 0 aliphatic heterocycles. The molecule has 0 bridgehead atoms. The molecular formula is C22H31NO3. The molecule has 3 rings (SSSR count). The van der Waals surface area contributed by atoms with Gasteiger partial charge in [-0.2, -0.15) is 0 Å². The van der Waals surface area contributed by atoms with Gasteiger partial charge in [0, 0.05) is 6.04 Å². The van der Waals surface area contributed by atoms with Gasteiger partial charge in [-0.3, -0.25) is 0 Å². The number of hydrogen-bond donors (Lipinski definition) is 2. The fraction of sp³-hybridized carbons (Fsp3) is 0.591. The number of fused-ring (bicyclic) bond motifs is 1. The molecule has 0 amide bonds. The Morgan fingerprint density at radius 3 is 2.12 bits per heavy atom. The molecule has 4 heteroatoms. The zero-order valence-electron chi connectivity index (χ0n) is 16.1. The van der Waals surface area contributed by atoms with E-state index in [1.165, 1.54) is 11.1 Å². The average molecular weight is 357 g/mol. The van der Waals surface area contributed by atoms with Crippen LogP contribution in [-0.4, -0.2) is 46.3 Å². The first kappa shape index (κ1) is 20.5. The van der Waals surface area contributed by atoms with E-state index in [1.54, 1.807) is 0 Å². The highest BCUT2D eigenvalue weighted by molar-refractivity contribution is 5.72. The molecule has 0 saturated heterocycles. The second-order valence-corrected chi connectivity index (χ2v) is 7.03. The third kappa shape index (κ3) is 5.09. The molecule has 2 aliphatic carbocycles. The van der Waals surface area contributed by atoms with Crippen LogP contribution in [0.4, 0.5) is 0 Å². The van der Waals surface area contributed by atoms with E-state index in [1.807, 2.05) is 6.92 Å². The maximum Gasteiger partial charge on any atom is 0.332 e. The van der Waals surface area contributed by atoms with Crippen molar-refractivity contribution < 1.29 is 15.0 Å². The molecule has 0 heterocycles. The molecular weight excluding hydrogens is 326 g/mol. The zero-order valence-corrected chi connectivity index (χ0v) is 16.1. The molecule has 0 radical (unpaired) electrons. The molecule has 2 N–H and O–H groups in total. The Morgan fingerprint density at radius 2 is 1.69 bits per heavy atom. The van der Waals surface area contributed by atoms with Crippen LogP contribution in [-0.2, 0) is 4.79 Å². The lowest BCUT2D eigenvalue weighted by molar-refractivity contribution is -0.150. The Kier molecular flexibility index (Phi) is 7.68. The summed E-state index contributed by atoms with van der Waals surface area (Å²) in [6.45, 7) is 8.29. The van der Waals surface area contributed by atoms with Crippen LogP contribution in [0.5, 0.6) is 0 Å². The van der Waals surface area contributed by atoms with Crippen molar-refractivity contribution in [3.05, 3.63) is 35.4 Å². The molecule has 1 saturated carbocycles. The van der Waals surface area contributed by atoms with E-state index in [4.69, 9.17) is 5.11 Å². The molecule has 1 unspecified atom stereocenters. The van der Waals surface area contributed by atoms with Crippen molar-refractivity contribution in [1.29, 1.82) is 0 Å². The molecule has 1 atom stereocenters. The average Bonchev–Trinajstić information content (AvgIpc) is 3.37. The van der Waals surface area contributed by atoms with Crippen molar-refractivity contribution in [3.63, 3.8) is 0 Å². The summed E-state index contributed by atoms with van der Waals surface area (Å²) in [7, 11) is 0. The number of benzene rings is 1. The number of carboxylic acid groups (broad SMARTS) is 1. The smallest absolute Gasteiger partial charge is 0.332 e. The molecule has 1 fully saturated rings. The van der Waals surface area contributed by atoms with Crippen molar-refractivity contribution in [2.75, 3.05) is 13.1 Å². The lowest BCUT2D eigenvalue weighted by Crippen LogP contribution is -2.41. The zero-order chi connectivity index (χ0) is 19.1. The quantitative estimate of drug-likeness (QED) is 0.792. The molecule has 1 aromatic rings. The van der Waals surface area contributed by atoms with Gasteiger partial charge in [0.15, 0.2) is 6.10 Å². The highest BCUT2D eigenvalue weighted by Gasteiger charge is 2.31. The number of carbonyl (C=O) groups is 1. The second kappa shape index (κ2) is 9.75. The first-order valence-electron chi connectivity index (χ1n) is 9.69. The number of aliphatic hydroxyl groups excluding tert-OH is 1. The van der Waals surface area contributed by atoms with Gasteiger partial charge < -0.3 is 15.1 Å². The van der Waals surface area contributed by atoms with Crippen LogP contribution in [0.2, 0.25) is 0 Å². The van der Waals surface area contributed by atoms with Crippen LogP contribution < -0.4 is 0 Å². The lowest BCUT2D eigenvalue weighted by Gasteiger charge is -2.36. The molecule has 142 valence electrons. The van der Waals surface area contributed by atoms with E-state index < -0.39 is 12.1 Å². The Bertz CT molecular complexity index is 626. The summed E-state index contributed by atoms with van der Waals surface area (Å²) in [5.41, 5.74) is 2.83. The number of aliphatic hydroxyl groups is 1. The van der Waals surface area contributed by atoms with Crippen LogP contribution in [0.15, 0.2) is 24.3 Å². The van der Waals surface area contributed by atoms with Gasteiger partial charge in [0.2, 0.25) is 0 Å². The topological polar surface area (TPSA) is 60.8 Å². The number of rotatable bonds is 5. The van der Waals surface area contributed by atoms with Crippen molar-refractivity contribution in [2.45, 2.75) is 64.5 Å². The Balaban J connectivity index is 0.000000206. The molecule has 4 nitrogen and oxygen atoms in total. The Hall–Kier alpha value is -1.83. The molecule has 0 spiro atoms. The van der Waals surface area contributed by atoms with Crippen molar-refractivity contribution in [3.8, 4) is 11.8 Å². The molecule has 1 aromatic carbocycles. The fourth-order valence-electron chi connectivity index (χ4n) is 3.98. The summed E-state index contributed by atoms with van der Waals surface area (Å²) in [5.74, 6) is 5.40. The maximum absolute atomic E-state index is 10.7. The fourth-order valence-corrected chi connectivity index (χ4v) is 3.98. The van der Waals surface area contributed by atoms with Crippen LogP contribution in [0.1, 0.15) is 63.5 Å². The van der Waals surface area contributed by atoms with Gasteiger partial charge in [0.25, 0.3) is 0 Å². The molecule has 26 heavy (non-hydrogen) atoms. The minimum atomic E-state index is -1.17. The summed E-state index contributed by atoms with van der Waals surface area (Å²) in [6.07, 6.45) is 2.51. The highest BCUT2D eigenvalue weighted by Crippen LogP contribution is 2.41. The van der Waals surface area contributed by atoms with E-state index in [0.29, 0.717) is 12.0 Å². The number of nitrogens with zero attached hydrogens (tertiary/aromatic N) is 1. The monoisotopic (exact) mass is 357 g/mol. The third-order valence-corrected chi connectivity index (χ3v) is 5.59.